The molecule has 3 aromatic rings. The zero-order valence-corrected chi connectivity index (χ0v) is 18.6. The summed E-state index contributed by atoms with van der Waals surface area (Å²) in [4.78, 5) is 25.2. The Hall–Kier alpha value is -3.14. The molecular formula is C23H22N2O5S2. The highest BCUT2D eigenvalue weighted by Gasteiger charge is 2.27. The summed E-state index contributed by atoms with van der Waals surface area (Å²) in [6.07, 6.45) is 0. The van der Waals surface area contributed by atoms with Crippen LogP contribution in [0, 0.1) is 5.92 Å². The van der Waals surface area contributed by atoms with Crippen molar-refractivity contribution in [1.82, 2.24) is 5.48 Å². The molecule has 3 rings (SSSR count). The minimum Gasteiger partial charge on any atom is -0.322 e. The average molecular weight is 471 g/mol. The summed E-state index contributed by atoms with van der Waals surface area (Å²) in [5.74, 6) is -2.30. The van der Waals surface area contributed by atoms with Crippen molar-refractivity contribution >= 4 is 39.1 Å². The van der Waals surface area contributed by atoms with Crippen LogP contribution in [-0.4, -0.2) is 36.9 Å². The number of carbonyl (C=O) groups is 2. The number of hydrogen-bond acceptors (Lipinski definition) is 6. The maximum atomic E-state index is 12.9. The van der Waals surface area contributed by atoms with Gasteiger partial charge in [-0.15, -0.1) is 11.8 Å². The zero-order chi connectivity index (χ0) is 23.0. The van der Waals surface area contributed by atoms with Crippen molar-refractivity contribution in [2.75, 3.05) is 16.8 Å². The molecule has 0 fully saturated rings. The number of hydroxylamine groups is 1. The Morgan fingerprint density at radius 1 is 0.875 bits per heavy atom. The topological polar surface area (TPSA) is 113 Å². The van der Waals surface area contributed by atoms with E-state index in [1.807, 2.05) is 30.3 Å². The van der Waals surface area contributed by atoms with Gasteiger partial charge in [0.1, 0.15) is 0 Å². The molecule has 0 heterocycles. The van der Waals surface area contributed by atoms with Crippen LogP contribution in [0.15, 0.2) is 94.7 Å². The van der Waals surface area contributed by atoms with Gasteiger partial charge in [0.25, 0.3) is 5.91 Å². The van der Waals surface area contributed by atoms with Crippen molar-refractivity contribution in [2.24, 2.45) is 5.92 Å². The third-order valence-corrected chi connectivity index (χ3v) is 7.61. The Bertz CT molecular complexity index is 1150. The lowest BCUT2D eigenvalue weighted by Gasteiger charge is -2.15. The number of benzene rings is 3. The van der Waals surface area contributed by atoms with Gasteiger partial charge >= 0.3 is 0 Å². The van der Waals surface area contributed by atoms with E-state index >= 15 is 0 Å². The molecule has 3 N–H and O–H groups in total. The van der Waals surface area contributed by atoms with Crippen molar-refractivity contribution < 1.29 is 23.2 Å². The van der Waals surface area contributed by atoms with Crippen molar-refractivity contribution in [1.29, 1.82) is 0 Å². The lowest BCUT2D eigenvalue weighted by atomic mass is 10.2. The molecule has 0 radical (unpaired) electrons. The van der Waals surface area contributed by atoms with Gasteiger partial charge in [-0.3, -0.25) is 14.8 Å². The number of thioether (sulfide) groups is 1. The number of sulfone groups is 1. The van der Waals surface area contributed by atoms with Gasteiger partial charge in [-0.25, -0.2) is 13.9 Å². The first kappa shape index (κ1) is 23.5. The van der Waals surface area contributed by atoms with Gasteiger partial charge in [0.05, 0.1) is 16.6 Å². The Labute approximate surface area is 190 Å². The molecule has 0 aliphatic carbocycles. The quantitative estimate of drug-likeness (QED) is 0.250. The van der Waals surface area contributed by atoms with Gasteiger partial charge < -0.3 is 5.32 Å². The van der Waals surface area contributed by atoms with Gasteiger partial charge in [-0.2, -0.15) is 0 Å². The van der Waals surface area contributed by atoms with E-state index in [1.165, 1.54) is 36.0 Å². The summed E-state index contributed by atoms with van der Waals surface area (Å²) < 4.78 is 25.7. The molecular weight excluding hydrogens is 448 g/mol. The van der Waals surface area contributed by atoms with Crippen LogP contribution in [0.3, 0.4) is 0 Å². The molecule has 1 unspecified atom stereocenters. The van der Waals surface area contributed by atoms with E-state index in [1.54, 1.807) is 35.8 Å². The van der Waals surface area contributed by atoms with Crippen molar-refractivity contribution in [3.63, 3.8) is 0 Å². The highest BCUT2D eigenvalue weighted by Crippen LogP contribution is 2.24. The van der Waals surface area contributed by atoms with Gasteiger partial charge in [0, 0.05) is 21.9 Å². The molecule has 0 saturated heterocycles. The monoisotopic (exact) mass is 470 g/mol. The fourth-order valence-corrected chi connectivity index (χ4v) is 5.61. The molecule has 0 aliphatic heterocycles. The first-order valence-electron chi connectivity index (χ1n) is 9.70. The summed E-state index contributed by atoms with van der Waals surface area (Å²) in [5, 5.41) is 11.7. The molecule has 166 valence electrons. The average Bonchev–Trinajstić information content (AvgIpc) is 2.82. The third kappa shape index (κ3) is 6.43. The second-order valence-corrected chi connectivity index (χ2v) is 10.1. The summed E-state index contributed by atoms with van der Waals surface area (Å²) in [6.45, 7) is 0. The van der Waals surface area contributed by atoms with Crippen LogP contribution < -0.4 is 10.8 Å². The second kappa shape index (κ2) is 10.9. The predicted octanol–water partition coefficient (Wildman–Crippen LogP) is 3.63. The standard InChI is InChI=1S/C23H22N2O5S2/c26-22(17-7-3-1-4-8-17)24-19-11-13-21(14-12-19)32(29,30)16-18(23(27)25-28)15-31-20-9-5-2-6-10-20/h1-14,18,28H,15-16H2,(H,24,26)(H,25,27). The van der Waals surface area contributed by atoms with Gasteiger partial charge in [0.2, 0.25) is 5.91 Å². The largest absolute Gasteiger partial charge is 0.322 e. The number of carbonyl (C=O) groups excluding carboxylic acids is 2. The van der Waals surface area contributed by atoms with Crippen LogP contribution in [0.1, 0.15) is 10.4 Å². The normalized spacial score (nSPS) is 12.0. The first-order chi connectivity index (χ1) is 15.4. The molecule has 32 heavy (non-hydrogen) atoms. The van der Waals surface area contributed by atoms with Gasteiger partial charge in [-0.1, -0.05) is 36.4 Å². The molecule has 0 aliphatic rings. The first-order valence-corrected chi connectivity index (χ1v) is 12.3. The molecule has 2 amide bonds. The van der Waals surface area contributed by atoms with Crippen molar-refractivity contribution in [2.45, 2.75) is 9.79 Å². The third-order valence-electron chi connectivity index (χ3n) is 4.60. The van der Waals surface area contributed by atoms with Gasteiger partial charge in [0.15, 0.2) is 9.84 Å². The van der Waals surface area contributed by atoms with Crippen LogP contribution in [0.2, 0.25) is 0 Å². The van der Waals surface area contributed by atoms with Crippen LogP contribution in [0.25, 0.3) is 0 Å². The molecule has 3 aromatic carbocycles. The number of anilines is 1. The number of nitrogens with one attached hydrogen (secondary N) is 2. The summed E-state index contributed by atoms with van der Waals surface area (Å²) in [6, 6.07) is 23.7. The number of amides is 2. The zero-order valence-electron chi connectivity index (χ0n) is 17.0. The Morgan fingerprint density at radius 3 is 2.06 bits per heavy atom. The van der Waals surface area contributed by atoms with E-state index in [-0.39, 0.29) is 16.6 Å². The highest BCUT2D eigenvalue weighted by molar-refractivity contribution is 7.99. The number of rotatable bonds is 9. The maximum Gasteiger partial charge on any atom is 0.255 e. The lowest BCUT2D eigenvalue weighted by Crippen LogP contribution is -2.34. The summed E-state index contributed by atoms with van der Waals surface area (Å²) in [5.41, 5.74) is 2.49. The highest BCUT2D eigenvalue weighted by atomic mass is 32.2. The van der Waals surface area contributed by atoms with Crippen LogP contribution in [0.5, 0.6) is 0 Å². The summed E-state index contributed by atoms with van der Waals surface area (Å²) >= 11 is 1.33. The van der Waals surface area contributed by atoms with E-state index in [4.69, 9.17) is 5.21 Å². The van der Waals surface area contributed by atoms with Crippen molar-refractivity contribution in [3.8, 4) is 0 Å². The van der Waals surface area contributed by atoms with Crippen LogP contribution in [-0.2, 0) is 14.6 Å². The maximum absolute atomic E-state index is 12.9. The Morgan fingerprint density at radius 2 is 1.47 bits per heavy atom. The molecule has 0 saturated carbocycles. The molecule has 1 atom stereocenters. The fraction of sp³-hybridized carbons (Fsp3) is 0.130. The predicted molar refractivity (Wildman–Crippen MR) is 123 cm³/mol. The summed E-state index contributed by atoms with van der Waals surface area (Å²) in [7, 11) is -3.81. The van der Waals surface area contributed by atoms with E-state index in [2.05, 4.69) is 5.32 Å². The SMILES string of the molecule is O=C(Nc1ccc(S(=O)(=O)CC(CSc2ccccc2)C(=O)NO)cc1)c1ccccc1. The Balaban J connectivity index is 1.68. The molecule has 0 spiro atoms. The smallest absolute Gasteiger partial charge is 0.255 e. The van der Waals surface area contributed by atoms with E-state index in [9.17, 15) is 18.0 Å². The van der Waals surface area contributed by atoms with Crippen LogP contribution >= 0.6 is 11.8 Å². The minimum atomic E-state index is -3.81. The fourth-order valence-electron chi connectivity index (χ4n) is 2.90. The van der Waals surface area contributed by atoms with E-state index in [0.29, 0.717) is 11.3 Å². The molecule has 7 nitrogen and oxygen atoms in total. The van der Waals surface area contributed by atoms with Gasteiger partial charge in [-0.05, 0) is 48.5 Å². The molecule has 0 aromatic heterocycles. The van der Waals surface area contributed by atoms with E-state index in [0.717, 1.165) is 4.90 Å². The second-order valence-electron chi connectivity index (χ2n) is 6.92. The minimum absolute atomic E-state index is 0.0238. The van der Waals surface area contributed by atoms with Crippen molar-refractivity contribution in [3.05, 3.63) is 90.5 Å². The number of hydrogen-bond donors (Lipinski definition) is 3. The molecule has 9 heteroatoms. The lowest BCUT2D eigenvalue weighted by molar-refractivity contribution is -0.132. The van der Waals surface area contributed by atoms with E-state index < -0.39 is 27.4 Å². The Kier molecular flexibility index (Phi) is 8.04. The van der Waals surface area contributed by atoms with Crippen LogP contribution in [0.4, 0.5) is 5.69 Å². The molecule has 0 bridgehead atoms.